The van der Waals surface area contributed by atoms with Gasteiger partial charge in [-0.1, -0.05) is 17.7 Å². The van der Waals surface area contributed by atoms with E-state index in [4.69, 9.17) is 22.1 Å². The number of hydrogen-bond donors (Lipinski definition) is 2. The number of ether oxygens (including phenoxy) is 1. The van der Waals surface area contributed by atoms with Crippen LogP contribution in [0, 0.1) is 5.82 Å². The van der Waals surface area contributed by atoms with E-state index in [1.54, 1.807) is 31.4 Å². The smallest absolute Gasteiger partial charge is 0.141 e. The minimum absolute atomic E-state index is 0.115. The van der Waals surface area contributed by atoms with E-state index in [-0.39, 0.29) is 5.02 Å². The Labute approximate surface area is 116 Å². The maximum Gasteiger partial charge on any atom is 0.141 e. The number of anilines is 2. The summed E-state index contributed by atoms with van der Waals surface area (Å²) in [6.45, 7) is 0.520. The Kier molecular flexibility index (Phi) is 4.12. The van der Waals surface area contributed by atoms with E-state index in [1.807, 2.05) is 6.07 Å². The first kappa shape index (κ1) is 13.5. The molecule has 0 fully saturated rings. The minimum Gasteiger partial charge on any atom is -0.497 e. The maximum atomic E-state index is 13.0. The normalized spacial score (nSPS) is 10.3. The first-order valence-corrected chi connectivity index (χ1v) is 6.08. The van der Waals surface area contributed by atoms with Gasteiger partial charge in [0.25, 0.3) is 0 Å². The monoisotopic (exact) mass is 280 g/mol. The Morgan fingerprint density at radius 1 is 1.26 bits per heavy atom. The van der Waals surface area contributed by atoms with Crippen LogP contribution in [0.25, 0.3) is 0 Å². The SMILES string of the molecule is COc1cc(N)cc(NCc2ccc(F)c(Cl)c2)c1. The molecule has 0 spiro atoms. The summed E-state index contributed by atoms with van der Waals surface area (Å²) in [6.07, 6.45) is 0. The van der Waals surface area contributed by atoms with Gasteiger partial charge in [0.15, 0.2) is 0 Å². The van der Waals surface area contributed by atoms with Crippen LogP contribution in [0.2, 0.25) is 5.02 Å². The van der Waals surface area contributed by atoms with E-state index in [0.717, 1.165) is 11.3 Å². The second-order valence-electron chi connectivity index (χ2n) is 4.10. The van der Waals surface area contributed by atoms with Gasteiger partial charge >= 0.3 is 0 Å². The number of benzene rings is 2. The summed E-state index contributed by atoms with van der Waals surface area (Å²) in [5, 5.41) is 3.30. The van der Waals surface area contributed by atoms with Crippen LogP contribution in [-0.2, 0) is 6.54 Å². The first-order chi connectivity index (χ1) is 9.08. The fraction of sp³-hybridized carbons (Fsp3) is 0.143. The number of nitrogens with two attached hydrogens (primary N) is 1. The fourth-order valence-corrected chi connectivity index (χ4v) is 1.90. The summed E-state index contributed by atoms with van der Waals surface area (Å²) in [4.78, 5) is 0. The van der Waals surface area contributed by atoms with Crippen LogP contribution < -0.4 is 15.8 Å². The molecule has 0 aliphatic carbocycles. The molecule has 5 heteroatoms. The van der Waals surface area contributed by atoms with Crippen LogP contribution >= 0.6 is 11.6 Å². The number of rotatable bonds is 4. The average Bonchev–Trinajstić information content (AvgIpc) is 2.39. The third-order valence-corrected chi connectivity index (χ3v) is 2.93. The lowest BCUT2D eigenvalue weighted by Crippen LogP contribution is -2.01. The molecule has 0 amide bonds. The van der Waals surface area contributed by atoms with Crippen molar-refractivity contribution >= 4 is 23.0 Å². The molecule has 0 aliphatic rings. The van der Waals surface area contributed by atoms with Crippen molar-refractivity contribution in [3.05, 3.63) is 52.8 Å². The Balaban J connectivity index is 2.09. The number of methoxy groups -OCH3 is 1. The van der Waals surface area contributed by atoms with Gasteiger partial charge in [-0.3, -0.25) is 0 Å². The molecule has 0 radical (unpaired) electrons. The van der Waals surface area contributed by atoms with Gasteiger partial charge in [-0.2, -0.15) is 0 Å². The summed E-state index contributed by atoms with van der Waals surface area (Å²) in [5.74, 6) is 0.260. The number of hydrogen-bond acceptors (Lipinski definition) is 3. The number of nitrogens with one attached hydrogen (secondary N) is 1. The molecule has 0 unspecified atom stereocenters. The van der Waals surface area contributed by atoms with Crippen LogP contribution in [0.5, 0.6) is 5.75 Å². The zero-order chi connectivity index (χ0) is 13.8. The third-order valence-electron chi connectivity index (χ3n) is 2.65. The van der Waals surface area contributed by atoms with Crippen molar-refractivity contribution in [2.45, 2.75) is 6.54 Å². The highest BCUT2D eigenvalue weighted by molar-refractivity contribution is 6.30. The van der Waals surface area contributed by atoms with Crippen LogP contribution in [0.4, 0.5) is 15.8 Å². The highest BCUT2D eigenvalue weighted by atomic mass is 35.5. The molecule has 0 heterocycles. The Morgan fingerprint density at radius 2 is 2.05 bits per heavy atom. The molecule has 0 aromatic heterocycles. The third kappa shape index (κ3) is 3.51. The van der Waals surface area contributed by atoms with Crippen molar-refractivity contribution in [1.29, 1.82) is 0 Å². The standard InChI is InChI=1S/C14H14ClFN2O/c1-19-12-6-10(17)5-11(7-12)18-8-9-2-3-14(16)13(15)4-9/h2-7,18H,8,17H2,1H3. The summed E-state index contributed by atoms with van der Waals surface area (Å²) in [6, 6.07) is 9.99. The van der Waals surface area contributed by atoms with E-state index in [2.05, 4.69) is 5.32 Å². The predicted molar refractivity (Wildman–Crippen MR) is 76.1 cm³/mol. The van der Waals surface area contributed by atoms with Crippen molar-refractivity contribution in [2.24, 2.45) is 0 Å². The average molecular weight is 281 g/mol. The lowest BCUT2D eigenvalue weighted by Gasteiger charge is -2.10. The van der Waals surface area contributed by atoms with Crippen molar-refractivity contribution in [2.75, 3.05) is 18.2 Å². The summed E-state index contributed by atoms with van der Waals surface area (Å²) >= 11 is 5.73. The van der Waals surface area contributed by atoms with Gasteiger partial charge < -0.3 is 15.8 Å². The predicted octanol–water partition coefficient (Wildman–Crippen LogP) is 3.68. The molecule has 0 aliphatic heterocycles. The largest absolute Gasteiger partial charge is 0.497 e. The summed E-state index contributed by atoms with van der Waals surface area (Å²) in [7, 11) is 1.58. The fourth-order valence-electron chi connectivity index (χ4n) is 1.70. The van der Waals surface area contributed by atoms with Gasteiger partial charge in [0.05, 0.1) is 12.1 Å². The molecule has 3 nitrogen and oxygen atoms in total. The first-order valence-electron chi connectivity index (χ1n) is 5.71. The molecule has 100 valence electrons. The Hall–Kier alpha value is -1.94. The zero-order valence-corrected chi connectivity index (χ0v) is 11.2. The molecule has 0 atom stereocenters. The highest BCUT2D eigenvalue weighted by Crippen LogP contribution is 2.23. The molecule has 2 aromatic rings. The molecule has 0 saturated heterocycles. The van der Waals surface area contributed by atoms with Crippen molar-refractivity contribution < 1.29 is 9.13 Å². The maximum absolute atomic E-state index is 13.0. The van der Waals surface area contributed by atoms with Crippen molar-refractivity contribution in [3.63, 3.8) is 0 Å². The van der Waals surface area contributed by atoms with Crippen LogP contribution in [0.1, 0.15) is 5.56 Å². The van der Waals surface area contributed by atoms with Crippen LogP contribution in [0.3, 0.4) is 0 Å². The van der Waals surface area contributed by atoms with E-state index >= 15 is 0 Å². The quantitative estimate of drug-likeness (QED) is 0.840. The topological polar surface area (TPSA) is 47.3 Å². The van der Waals surface area contributed by atoms with Crippen molar-refractivity contribution in [1.82, 2.24) is 0 Å². The molecule has 2 aromatic carbocycles. The molecule has 0 bridgehead atoms. The van der Waals surface area contributed by atoms with Crippen molar-refractivity contribution in [3.8, 4) is 5.75 Å². The second kappa shape index (κ2) is 5.80. The molecule has 19 heavy (non-hydrogen) atoms. The van der Waals surface area contributed by atoms with E-state index in [1.165, 1.54) is 6.07 Å². The Bertz CT molecular complexity index is 590. The van der Waals surface area contributed by atoms with Crippen LogP contribution in [-0.4, -0.2) is 7.11 Å². The second-order valence-corrected chi connectivity index (χ2v) is 4.50. The van der Waals surface area contributed by atoms with Gasteiger partial charge in [-0.25, -0.2) is 4.39 Å². The molecular formula is C14H14ClFN2O. The van der Waals surface area contributed by atoms with Gasteiger partial charge in [0.1, 0.15) is 11.6 Å². The number of halogens is 2. The van der Waals surface area contributed by atoms with Gasteiger partial charge in [-0.15, -0.1) is 0 Å². The molecule has 0 saturated carbocycles. The highest BCUT2D eigenvalue weighted by Gasteiger charge is 2.02. The van der Waals surface area contributed by atoms with Gasteiger partial charge in [0.2, 0.25) is 0 Å². The van der Waals surface area contributed by atoms with Gasteiger partial charge in [0, 0.05) is 30.1 Å². The molecular weight excluding hydrogens is 267 g/mol. The summed E-state index contributed by atoms with van der Waals surface area (Å²) in [5.41, 5.74) is 8.08. The summed E-state index contributed by atoms with van der Waals surface area (Å²) < 4.78 is 18.2. The van der Waals surface area contributed by atoms with E-state index < -0.39 is 5.82 Å². The molecule has 3 N–H and O–H groups in total. The van der Waals surface area contributed by atoms with Crippen LogP contribution in [0.15, 0.2) is 36.4 Å². The lowest BCUT2D eigenvalue weighted by atomic mass is 10.2. The Morgan fingerprint density at radius 3 is 2.74 bits per heavy atom. The number of nitrogen functional groups attached to an aromatic ring is 1. The van der Waals surface area contributed by atoms with E-state index in [0.29, 0.717) is 18.0 Å². The minimum atomic E-state index is -0.420. The lowest BCUT2D eigenvalue weighted by molar-refractivity contribution is 0.415. The van der Waals surface area contributed by atoms with Gasteiger partial charge in [-0.05, 0) is 23.8 Å². The molecule has 2 rings (SSSR count). The zero-order valence-electron chi connectivity index (χ0n) is 10.4. The van der Waals surface area contributed by atoms with E-state index in [9.17, 15) is 4.39 Å².